The zero-order chi connectivity index (χ0) is 17.2. The van der Waals surface area contributed by atoms with Crippen LogP contribution < -0.4 is 5.32 Å². The number of rotatable bonds is 4. The van der Waals surface area contributed by atoms with Gasteiger partial charge in [-0.05, 0) is 29.7 Å². The average molecular weight is 335 g/mol. The van der Waals surface area contributed by atoms with Crippen LogP contribution in [0.3, 0.4) is 0 Å². The lowest BCUT2D eigenvalue weighted by Gasteiger charge is -2.14. The van der Waals surface area contributed by atoms with Crippen molar-refractivity contribution in [3.05, 3.63) is 47.1 Å². The molecule has 1 heterocycles. The summed E-state index contributed by atoms with van der Waals surface area (Å²) in [6, 6.07) is 5.77. The van der Waals surface area contributed by atoms with Gasteiger partial charge in [0.15, 0.2) is 0 Å². The Labute approximate surface area is 139 Å². The maximum absolute atomic E-state index is 12.3. The Bertz CT molecular complexity index is 772. The number of aromatic amines is 1. The van der Waals surface area contributed by atoms with Crippen molar-refractivity contribution in [2.45, 2.75) is 26.8 Å². The molecule has 0 aliphatic carbocycles. The van der Waals surface area contributed by atoms with E-state index in [-0.39, 0.29) is 11.1 Å². The molecule has 1 aromatic carbocycles. The molecule has 5 nitrogen and oxygen atoms in total. The maximum atomic E-state index is 12.3. The fraction of sp³-hybridized carbons (Fsp3) is 0.294. The fourth-order valence-electron chi connectivity index (χ4n) is 2.02. The summed E-state index contributed by atoms with van der Waals surface area (Å²) in [5, 5.41) is 13.1. The Morgan fingerprint density at radius 2 is 2.00 bits per heavy atom. The SMILES string of the molecule is CC(C)(C)/C=C/[C@@H](NC(=O)c1cc2cc(Cl)ccc2[nH]1)C(=O)O. The molecule has 0 saturated carbocycles. The second-order valence-electron chi connectivity index (χ2n) is 6.43. The number of amides is 1. The molecule has 0 aliphatic heterocycles. The Hall–Kier alpha value is -2.27. The molecule has 6 heteroatoms. The summed E-state index contributed by atoms with van der Waals surface area (Å²) in [6.07, 6.45) is 3.25. The summed E-state index contributed by atoms with van der Waals surface area (Å²) in [4.78, 5) is 26.5. The minimum Gasteiger partial charge on any atom is -0.479 e. The Balaban J connectivity index is 2.20. The molecule has 1 aromatic heterocycles. The lowest BCUT2D eigenvalue weighted by Crippen LogP contribution is -2.39. The van der Waals surface area contributed by atoms with Gasteiger partial charge < -0.3 is 15.4 Å². The highest BCUT2D eigenvalue weighted by Crippen LogP contribution is 2.20. The topological polar surface area (TPSA) is 82.2 Å². The summed E-state index contributed by atoms with van der Waals surface area (Å²) in [5.41, 5.74) is 0.880. The predicted molar refractivity (Wildman–Crippen MR) is 90.8 cm³/mol. The van der Waals surface area contributed by atoms with Gasteiger partial charge in [-0.3, -0.25) is 4.79 Å². The third-order valence-corrected chi connectivity index (χ3v) is 3.40. The summed E-state index contributed by atoms with van der Waals surface area (Å²) < 4.78 is 0. The fourth-order valence-corrected chi connectivity index (χ4v) is 2.20. The van der Waals surface area contributed by atoms with Gasteiger partial charge >= 0.3 is 5.97 Å². The Kier molecular flexibility index (Phi) is 4.80. The number of halogens is 1. The molecule has 2 rings (SSSR count). The summed E-state index contributed by atoms with van der Waals surface area (Å²) in [7, 11) is 0. The summed E-state index contributed by atoms with van der Waals surface area (Å²) in [6.45, 7) is 5.85. The first kappa shape index (κ1) is 17.1. The smallest absolute Gasteiger partial charge is 0.330 e. The van der Waals surface area contributed by atoms with Gasteiger partial charge in [-0.25, -0.2) is 4.79 Å². The summed E-state index contributed by atoms with van der Waals surface area (Å²) in [5.74, 6) is -1.60. The van der Waals surface area contributed by atoms with E-state index in [4.69, 9.17) is 11.6 Å². The number of aliphatic carboxylic acids is 1. The van der Waals surface area contributed by atoms with E-state index < -0.39 is 17.9 Å². The summed E-state index contributed by atoms with van der Waals surface area (Å²) >= 11 is 5.92. The van der Waals surface area contributed by atoms with Gasteiger partial charge in [-0.15, -0.1) is 0 Å². The van der Waals surface area contributed by atoms with Gasteiger partial charge in [-0.1, -0.05) is 44.5 Å². The van der Waals surface area contributed by atoms with Crippen LogP contribution in [0.2, 0.25) is 5.02 Å². The number of hydrogen-bond acceptors (Lipinski definition) is 2. The van der Waals surface area contributed by atoms with Crippen LogP contribution in [0.4, 0.5) is 0 Å². The predicted octanol–water partition coefficient (Wildman–Crippen LogP) is 3.61. The van der Waals surface area contributed by atoms with Crippen molar-refractivity contribution in [2.75, 3.05) is 0 Å². The molecular weight excluding hydrogens is 316 g/mol. The largest absolute Gasteiger partial charge is 0.479 e. The van der Waals surface area contributed by atoms with E-state index in [1.165, 1.54) is 6.08 Å². The van der Waals surface area contributed by atoms with Crippen LogP contribution in [0, 0.1) is 5.41 Å². The van der Waals surface area contributed by atoms with E-state index in [1.54, 1.807) is 30.3 Å². The zero-order valence-electron chi connectivity index (χ0n) is 13.2. The molecule has 122 valence electrons. The van der Waals surface area contributed by atoms with Gasteiger partial charge in [0.2, 0.25) is 0 Å². The standard InChI is InChI=1S/C17H19ClN2O3/c1-17(2,3)7-6-13(16(22)23)20-15(21)14-9-10-8-11(18)4-5-12(10)19-14/h4-9,13,19H,1-3H3,(H,20,21)(H,22,23)/b7-6+/t13-/m1/s1. The van der Waals surface area contributed by atoms with E-state index in [1.807, 2.05) is 20.8 Å². The first-order valence-electron chi connectivity index (χ1n) is 7.17. The second kappa shape index (κ2) is 6.46. The van der Waals surface area contributed by atoms with Gasteiger partial charge in [-0.2, -0.15) is 0 Å². The number of carbonyl (C=O) groups is 2. The highest BCUT2D eigenvalue weighted by atomic mass is 35.5. The number of carbonyl (C=O) groups excluding carboxylic acids is 1. The normalized spacial score (nSPS) is 13.4. The van der Waals surface area contributed by atoms with Crippen LogP contribution in [0.15, 0.2) is 36.4 Å². The van der Waals surface area contributed by atoms with Crippen molar-refractivity contribution in [2.24, 2.45) is 5.41 Å². The van der Waals surface area contributed by atoms with Crippen molar-refractivity contribution in [3.63, 3.8) is 0 Å². The van der Waals surface area contributed by atoms with Gasteiger partial charge in [0.1, 0.15) is 11.7 Å². The molecule has 0 radical (unpaired) electrons. The number of nitrogens with one attached hydrogen (secondary N) is 2. The van der Waals surface area contributed by atoms with Crippen LogP contribution in [-0.2, 0) is 4.79 Å². The zero-order valence-corrected chi connectivity index (χ0v) is 13.9. The molecule has 23 heavy (non-hydrogen) atoms. The minimum absolute atomic E-state index is 0.170. The number of allylic oxidation sites excluding steroid dienone is 1. The number of carboxylic acid groups (broad SMARTS) is 1. The lowest BCUT2D eigenvalue weighted by atomic mass is 9.95. The van der Waals surface area contributed by atoms with Crippen molar-refractivity contribution in [1.82, 2.24) is 10.3 Å². The second-order valence-corrected chi connectivity index (χ2v) is 6.87. The molecule has 1 atom stereocenters. The number of benzene rings is 1. The Morgan fingerprint density at radius 1 is 1.30 bits per heavy atom. The number of H-pyrrole nitrogens is 1. The maximum Gasteiger partial charge on any atom is 0.330 e. The number of hydrogen-bond donors (Lipinski definition) is 3. The third-order valence-electron chi connectivity index (χ3n) is 3.17. The van der Waals surface area contributed by atoms with E-state index in [0.29, 0.717) is 5.02 Å². The highest BCUT2D eigenvalue weighted by Gasteiger charge is 2.20. The van der Waals surface area contributed by atoms with E-state index in [2.05, 4.69) is 10.3 Å². The monoisotopic (exact) mass is 334 g/mol. The third kappa shape index (κ3) is 4.60. The first-order valence-corrected chi connectivity index (χ1v) is 7.55. The van der Waals surface area contributed by atoms with Gasteiger partial charge in [0.05, 0.1) is 0 Å². The van der Waals surface area contributed by atoms with Crippen LogP contribution in [-0.4, -0.2) is 28.0 Å². The van der Waals surface area contributed by atoms with E-state index >= 15 is 0 Å². The van der Waals surface area contributed by atoms with Crippen LogP contribution in [0.1, 0.15) is 31.3 Å². The number of fused-ring (bicyclic) bond motifs is 1. The molecule has 0 fully saturated rings. The molecular formula is C17H19ClN2O3. The van der Waals surface area contributed by atoms with Crippen LogP contribution >= 0.6 is 11.6 Å². The van der Waals surface area contributed by atoms with Crippen molar-refractivity contribution in [1.29, 1.82) is 0 Å². The van der Waals surface area contributed by atoms with Crippen LogP contribution in [0.25, 0.3) is 10.9 Å². The number of carboxylic acids is 1. The number of aromatic nitrogens is 1. The lowest BCUT2D eigenvalue weighted by molar-refractivity contribution is -0.137. The van der Waals surface area contributed by atoms with Crippen molar-refractivity contribution >= 4 is 34.4 Å². The van der Waals surface area contributed by atoms with Crippen LogP contribution in [0.5, 0.6) is 0 Å². The minimum atomic E-state index is -1.11. The molecule has 2 aromatic rings. The highest BCUT2D eigenvalue weighted by molar-refractivity contribution is 6.31. The Morgan fingerprint density at radius 3 is 2.61 bits per heavy atom. The molecule has 0 spiro atoms. The molecule has 0 unspecified atom stereocenters. The van der Waals surface area contributed by atoms with Crippen molar-refractivity contribution in [3.8, 4) is 0 Å². The molecule has 1 amide bonds. The average Bonchev–Trinajstić information content (AvgIpc) is 2.84. The first-order chi connectivity index (χ1) is 10.7. The molecule has 0 saturated heterocycles. The van der Waals surface area contributed by atoms with Gasteiger partial charge in [0.25, 0.3) is 5.91 Å². The van der Waals surface area contributed by atoms with E-state index in [0.717, 1.165) is 10.9 Å². The quantitative estimate of drug-likeness (QED) is 0.747. The van der Waals surface area contributed by atoms with E-state index in [9.17, 15) is 14.7 Å². The van der Waals surface area contributed by atoms with Crippen molar-refractivity contribution < 1.29 is 14.7 Å². The molecule has 0 aliphatic rings. The molecule has 3 N–H and O–H groups in total. The molecule has 0 bridgehead atoms. The van der Waals surface area contributed by atoms with Gasteiger partial charge in [0, 0.05) is 15.9 Å².